The number of nitrogens with zero attached hydrogens (tertiary/aromatic N) is 3. The van der Waals surface area contributed by atoms with Gasteiger partial charge in [-0.1, -0.05) is 19.9 Å². The molecule has 1 aliphatic heterocycles. The SMILES string of the molecule is CC(C)[C@@H](Nc1ncnc2[nH]c(-c3cn[nH]c3)cc12)c1ccc2c(c1)OCCO2. The standard InChI is InChI=1S/C21H22N6O2/c1-12(2)19(13-3-4-17-18(7-13)29-6-5-28-17)27-21-15-8-16(14-9-24-25-10-14)26-20(15)22-11-23-21/h3-4,7-12,19H,5-6H2,1-2H3,(H,24,25)(H2,22,23,26,27)/t19-/m1/s1. The monoisotopic (exact) mass is 390 g/mol. The first-order chi connectivity index (χ1) is 14.2. The lowest BCUT2D eigenvalue weighted by molar-refractivity contribution is 0.171. The molecule has 0 saturated heterocycles. The summed E-state index contributed by atoms with van der Waals surface area (Å²) in [6.45, 7) is 5.52. The summed E-state index contributed by atoms with van der Waals surface area (Å²) in [6.07, 6.45) is 5.19. The molecule has 148 valence electrons. The van der Waals surface area contributed by atoms with Crippen LogP contribution in [0.4, 0.5) is 5.82 Å². The Balaban J connectivity index is 1.51. The van der Waals surface area contributed by atoms with E-state index in [1.807, 2.05) is 18.3 Å². The summed E-state index contributed by atoms with van der Waals surface area (Å²) >= 11 is 0. The quantitative estimate of drug-likeness (QED) is 0.477. The van der Waals surface area contributed by atoms with Crippen LogP contribution < -0.4 is 14.8 Å². The number of anilines is 1. The smallest absolute Gasteiger partial charge is 0.161 e. The molecule has 5 rings (SSSR count). The van der Waals surface area contributed by atoms with E-state index in [0.29, 0.717) is 19.1 Å². The van der Waals surface area contributed by atoms with Crippen LogP contribution in [0, 0.1) is 5.92 Å². The third kappa shape index (κ3) is 3.26. The van der Waals surface area contributed by atoms with Gasteiger partial charge in [0, 0.05) is 11.8 Å². The normalized spacial score (nSPS) is 14.3. The Morgan fingerprint density at radius 2 is 1.93 bits per heavy atom. The number of rotatable bonds is 5. The van der Waals surface area contributed by atoms with E-state index in [2.05, 4.69) is 56.4 Å². The van der Waals surface area contributed by atoms with Crippen molar-refractivity contribution < 1.29 is 9.47 Å². The fourth-order valence-corrected chi connectivity index (χ4v) is 3.64. The van der Waals surface area contributed by atoms with Crippen molar-refractivity contribution in [3.63, 3.8) is 0 Å². The van der Waals surface area contributed by atoms with Gasteiger partial charge in [-0.05, 0) is 29.7 Å². The molecule has 0 saturated carbocycles. The number of H-pyrrole nitrogens is 2. The lowest BCUT2D eigenvalue weighted by Crippen LogP contribution is -2.19. The molecule has 0 spiro atoms. The molecule has 8 heteroatoms. The van der Waals surface area contributed by atoms with Gasteiger partial charge in [0.1, 0.15) is 31.0 Å². The molecule has 1 aliphatic rings. The number of ether oxygens (including phenoxy) is 2. The topological polar surface area (TPSA) is 101 Å². The highest BCUT2D eigenvalue weighted by atomic mass is 16.6. The van der Waals surface area contributed by atoms with Gasteiger partial charge in [0.15, 0.2) is 11.5 Å². The van der Waals surface area contributed by atoms with Crippen LogP contribution in [-0.2, 0) is 0 Å². The van der Waals surface area contributed by atoms with Crippen LogP contribution in [0.3, 0.4) is 0 Å². The van der Waals surface area contributed by atoms with Crippen LogP contribution >= 0.6 is 0 Å². The molecule has 8 nitrogen and oxygen atoms in total. The van der Waals surface area contributed by atoms with Crippen LogP contribution in [0.5, 0.6) is 11.5 Å². The molecule has 4 aromatic rings. The van der Waals surface area contributed by atoms with Crippen molar-refractivity contribution in [3.8, 4) is 22.8 Å². The zero-order chi connectivity index (χ0) is 19.8. The van der Waals surface area contributed by atoms with Crippen molar-refractivity contribution in [2.45, 2.75) is 19.9 Å². The maximum atomic E-state index is 5.77. The third-order valence-electron chi connectivity index (χ3n) is 5.12. The first-order valence-electron chi connectivity index (χ1n) is 9.68. The van der Waals surface area contributed by atoms with Crippen molar-refractivity contribution in [1.82, 2.24) is 25.1 Å². The summed E-state index contributed by atoms with van der Waals surface area (Å²) in [4.78, 5) is 12.2. The Labute approximate surface area is 167 Å². The van der Waals surface area contributed by atoms with Gasteiger partial charge in [-0.15, -0.1) is 0 Å². The fraction of sp³-hybridized carbons (Fsp3) is 0.286. The number of hydrogen-bond donors (Lipinski definition) is 3. The maximum absolute atomic E-state index is 5.77. The van der Waals surface area contributed by atoms with Gasteiger partial charge in [0.25, 0.3) is 0 Å². The first-order valence-corrected chi connectivity index (χ1v) is 9.68. The number of benzene rings is 1. The molecular weight excluding hydrogens is 368 g/mol. The Bertz CT molecular complexity index is 1140. The van der Waals surface area contributed by atoms with E-state index < -0.39 is 0 Å². The minimum absolute atomic E-state index is 0.0520. The van der Waals surface area contributed by atoms with E-state index in [1.165, 1.54) is 0 Å². The van der Waals surface area contributed by atoms with Crippen molar-refractivity contribution in [2.75, 3.05) is 18.5 Å². The third-order valence-corrected chi connectivity index (χ3v) is 5.12. The van der Waals surface area contributed by atoms with Gasteiger partial charge in [-0.25, -0.2) is 9.97 Å². The first kappa shape index (κ1) is 17.5. The Hall–Kier alpha value is -3.55. The minimum Gasteiger partial charge on any atom is -0.486 e. The molecule has 29 heavy (non-hydrogen) atoms. The predicted molar refractivity (Wildman–Crippen MR) is 110 cm³/mol. The Morgan fingerprint density at radius 3 is 2.72 bits per heavy atom. The molecule has 0 bridgehead atoms. The average Bonchev–Trinajstić information content (AvgIpc) is 3.41. The largest absolute Gasteiger partial charge is 0.486 e. The second-order valence-corrected chi connectivity index (χ2v) is 7.42. The van der Waals surface area contributed by atoms with E-state index in [9.17, 15) is 0 Å². The summed E-state index contributed by atoms with van der Waals surface area (Å²) in [5, 5.41) is 11.4. The number of nitrogens with one attached hydrogen (secondary N) is 3. The minimum atomic E-state index is 0.0520. The molecule has 4 heterocycles. The van der Waals surface area contributed by atoms with E-state index in [4.69, 9.17) is 9.47 Å². The van der Waals surface area contributed by atoms with Gasteiger partial charge in [0.05, 0.1) is 23.3 Å². The highest BCUT2D eigenvalue weighted by molar-refractivity contribution is 5.91. The molecule has 3 N–H and O–H groups in total. The van der Waals surface area contributed by atoms with Crippen LogP contribution in [0.15, 0.2) is 43.0 Å². The summed E-state index contributed by atoms with van der Waals surface area (Å²) in [5.41, 5.74) is 3.82. The van der Waals surface area contributed by atoms with Gasteiger partial charge < -0.3 is 19.8 Å². The molecule has 0 aliphatic carbocycles. The summed E-state index contributed by atoms with van der Waals surface area (Å²) in [5.74, 6) is 2.70. The van der Waals surface area contributed by atoms with Crippen molar-refractivity contribution >= 4 is 16.9 Å². The van der Waals surface area contributed by atoms with E-state index >= 15 is 0 Å². The number of hydrogen-bond acceptors (Lipinski definition) is 6. The van der Waals surface area contributed by atoms with E-state index in [-0.39, 0.29) is 6.04 Å². The lowest BCUT2D eigenvalue weighted by Gasteiger charge is -2.26. The maximum Gasteiger partial charge on any atom is 0.161 e. The molecule has 1 aromatic carbocycles. The van der Waals surface area contributed by atoms with Gasteiger partial charge in [-0.3, -0.25) is 5.10 Å². The lowest BCUT2D eigenvalue weighted by atomic mass is 9.95. The van der Waals surface area contributed by atoms with Crippen molar-refractivity contribution in [3.05, 3.63) is 48.5 Å². The van der Waals surface area contributed by atoms with Crippen LogP contribution in [0.25, 0.3) is 22.3 Å². The Kier molecular flexibility index (Phi) is 4.31. The molecule has 1 atom stereocenters. The molecular formula is C21H22N6O2. The van der Waals surface area contributed by atoms with Crippen molar-refractivity contribution in [1.29, 1.82) is 0 Å². The summed E-state index contributed by atoms with van der Waals surface area (Å²) in [6, 6.07) is 8.21. The van der Waals surface area contributed by atoms with E-state index in [1.54, 1.807) is 12.5 Å². The second-order valence-electron chi connectivity index (χ2n) is 7.42. The number of fused-ring (bicyclic) bond motifs is 2. The second kappa shape index (κ2) is 7.12. The Morgan fingerprint density at radius 1 is 1.07 bits per heavy atom. The highest BCUT2D eigenvalue weighted by Gasteiger charge is 2.21. The zero-order valence-corrected chi connectivity index (χ0v) is 16.3. The zero-order valence-electron chi connectivity index (χ0n) is 16.3. The predicted octanol–water partition coefficient (Wildman–Crippen LogP) is 3.93. The van der Waals surface area contributed by atoms with Gasteiger partial charge in [0.2, 0.25) is 0 Å². The van der Waals surface area contributed by atoms with E-state index in [0.717, 1.165) is 45.2 Å². The van der Waals surface area contributed by atoms with Crippen molar-refractivity contribution in [2.24, 2.45) is 5.92 Å². The number of aromatic nitrogens is 5. The molecule has 0 radical (unpaired) electrons. The van der Waals surface area contributed by atoms with Gasteiger partial charge in [-0.2, -0.15) is 5.10 Å². The van der Waals surface area contributed by atoms with Crippen LogP contribution in [-0.4, -0.2) is 38.4 Å². The molecule has 3 aromatic heterocycles. The molecule has 0 amide bonds. The molecule has 0 unspecified atom stereocenters. The van der Waals surface area contributed by atoms with Crippen LogP contribution in [0.2, 0.25) is 0 Å². The molecule has 0 fully saturated rings. The highest BCUT2D eigenvalue weighted by Crippen LogP contribution is 2.36. The van der Waals surface area contributed by atoms with Crippen LogP contribution in [0.1, 0.15) is 25.5 Å². The summed E-state index contributed by atoms with van der Waals surface area (Å²) in [7, 11) is 0. The van der Waals surface area contributed by atoms with Gasteiger partial charge >= 0.3 is 0 Å². The summed E-state index contributed by atoms with van der Waals surface area (Å²) < 4.78 is 11.4. The number of aromatic amines is 2. The average molecular weight is 390 g/mol. The fourth-order valence-electron chi connectivity index (χ4n) is 3.64.